The molecule has 1 atom stereocenters. The number of benzene rings is 1. The van der Waals surface area contributed by atoms with Crippen molar-refractivity contribution in [3.05, 3.63) is 35.1 Å². The monoisotopic (exact) mass is 209 g/mol. The van der Waals surface area contributed by atoms with E-state index in [-0.39, 0.29) is 5.82 Å². The Morgan fingerprint density at radius 3 is 2.73 bits per heavy atom. The second-order valence-corrected chi connectivity index (χ2v) is 4.19. The molecule has 1 unspecified atom stereocenters. The summed E-state index contributed by atoms with van der Waals surface area (Å²) in [6, 6.07) is 5.05. The largest absolute Gasteiger partial charge is 0.317 e. The molecule has 1 aromatic carbocycles. The fraction of sp³-hybridized carbons (Fsp3) is 0.538. The minimum Gasteiger partial charge on any atom is -0.317 e. The van der Waals surface area contributed by atoms with Crippen molar-refractivity contribution in [2.24, 2.45) is 5.92 Å². The highest BCUT2D eigenvalue weighted by Gasteiger charge is 2.05. The lowest BCUT2D eigenvalue weighted by Gasteiger charge is -2.13. The first-order valence-electron chi connectivity index (χ1n) is 5.59. The number of aryl methyl sites for hydroxylation is 1. The first-order chi connectivity index (χ1) is 7.13. The molecule has 15 heavy (non-hydrogen) atoms. The minimum atomic E-state index is -0.143. The van der Waals surface area contributed by atoms with Crippen molar-refractivity contribution in [2.75, 3.05) is 13.1 Å². The molecule has 0 aromatic heterocycles. The Morgan fingerprint density at radius 2 is 2.13 bits per heavy atom. The molecular weight excluding hydrogens is 189 g/mol. The van der Waals surface area contributed by atoms with Crippen LogP contribution < -0.4 is 5.32 Å². The van der Waals surface area contributed by atoms with Gasteiger partial charge in [-0.15, -0.1) is 0 Å². The van der Waals surface area contributed by atoms with Gasteiger partial charge in [-0.05, 0) is 55.6 Å². The fourth-order valence-electron chi connectivity index (χ4n) is 1.73. The maximum absolute atomic E-state index is 12.9. The van der Waals surface area contributed by atoms with E-state index in [1.165, 1.54) is 5.56 Å². The van der Waals surface area contributed by atoms with Crippen LogP contribution in [-0.4, -0.2) is 13.1 Å². The first kappa shape index (κ1) is 12.2. The molecule has 0 saturated heterocycles. The molecule has 0 amide bonds. The third kappa shape index (κ3) is 4.00. The predicted molar refractivity (Wildman–Crippen MR) is 62.5 cm³/mol. The molecule has 0 radical (unpaired) electrons. The summed E-state index contributed by atoms with van der Waals surface area (Å²) in [5.41, 5.74) is 2.31. The van der Waals surface area contributed by atoms with Crippen LogP contribution in [0.15, 0.2) is 18.2 Å². The highest BCUT2D eigenvalue weighted by molar-refractivity contribution is 5.26. The Bertz CT molecular complexity index is 309. The maximum Gasteiger partial charge on any atom is 0.123 e. The Morgan fingerprint density at radius 1 is 1.40 bits per heavy atom. The van der Waals surface area contributed by atoms with Crippen molar-refractivity contribution in [2.45, 2.75) is 27.2 Å². The van der Waals surface area contributed by atoms with Crippen LogP contribution in [0.3, 0.4) is 0 Å². The average molecular weight is 209 g/mol. The van der Waals surface area contributed by atoms with Crippen LogP contribution in [0.2, 0.25) is 0 Å². The molecule has 1 N–H and O–H groups in total. The zero-order valence-electron chi connectivity index (χ0n) is 9.81. The van der Waals surface area contributed by atoms with E-state index in [4.69, 9.17) is 0 Å². The molecule has 2 heteroatoms. The Kier molecular flexibility index (Phi) is 4.76. The molecule has 0 saturated carbocycles. The number of hydrogen-bond acceptors (Lipinski definition) is 1. The molecular formula is C13H20FN. The lowest BCUT2D eigenvalue weighted by molar-refractivity contribution is 0.519. The third-order valence-electron chi connectivity index (χ3n) is 2.62. The Balaban J connectivity index is 2.56. The van der Waals surface area contributed by atoms with Crippen LogP contribution in [-0.2, 0) is 6.42 Å². The van der Waals surface area contributed by atoms with Crippen LogP contribution in [0.5, 0.6) is 0 Å². The standard InChI is InChI=1S/C13H20FN/c1-4-15-9-10(2)7-12-5-6-13(14)8-11(12)3/h5-6,8,10,15H,4,7,9H2,1-3H3. The second-order valence-electron chi connectivity index (χ2n) is 4.19. The number of nitrogens with one attached hydrogen (secondary N) is 1. The molecule has 0 bridgehead atoms. The smallest absolute Gasteiger partial charge is 0.123 e. The van der Waals surface area contributed by atoms with Crippen LogP contribution in [0.4, 0.5) is 4.39 Å². The van der Waals surface area contributed by atoms with E-state index < -0.39 is 0 Å². The molecule has 1 aromatic rings. The van der Waals surface area contributed by atoms with Gasteiger partial charge in [0.15, 0.2) is 0 Å². The second kappa shape index (κ2) is 5.86. The van der Waals surface area contributed by atoms with Gasteiger partial charge in [-0.1, -0.05) is 19.9 Å². The van der Waals surface area contributed by atoms with E-state index >= 15 is 0 Å². The van der Waals surface area contributed by atoms with Gasteiger partial charge in [-0.2, -0.15) is 0 Å². The molecule has 0 spiro atoms. The van der Waals surface area contributed by atoms with Crippen molar-refractivity contribution >= 4 is 0 Å². The van der Waals surface area contributed by atoms with Crippen molar-refractivity contribution in [1.29, 1.82) is 0 Å². The van der Waals surface area contributed by atoms with Gasteiger partial charge in [0, 0.05) is 0 Å². The van der Waals surface area contributed by atoms with Crippen LogP contribution >= 0.6 is 0 Å². The summed E-state index contributed by atoms with van der Waals surface area (Å²) < 4.78 is 12.9. The SMILES string of the molecule is CCNCC(C)Cc1ccc(F)cc1C. The molecule has 0 aliphatic heterocycles. The number of rotatable bonds is 5. The van der Waals surface area contributed by atoms with E-state index in [1.807, 2.05) is 13.0 Å². The van der Waals surface area contributed by atoms with Crippen molar-refractivity contribution < 1.29 is 4.39 Å². The summed E-state index contributed by atoms with van der Waals surface area (Å²) >= 11 is 0. The first-order valence-corrected chi connectivity index (χ1v) is 5.59. The van der Waals surface area contributed by atoms with Gasteiger partial charge >= 0.3 is 0 Å². The Labute approximate surface area is 91.7 Å². The van der Waals surface area contributed by atoms with Crippen LogP contribution in [0, 0.1) is 18.7 Å². The summed E-state index contributed by atoms with van der Waals surface area (Å²) in [6.45, 7) is 8.32. The summed E-state index contributed by atoms with van der Waals surface area (Å²) in [5, 5.41) is 3.33. The predicted octanol–water partition coefficient (Wildman–Crippen LogP) is 2.92. The van der Waals surface area contributed by atoms with Gasteiger partial charge in [0.2, 0.25) is 0 Å². The van der Waals surface area contributed by atoms with Crippen molar-refractivity contribution in [3.8, 4) is 0 Å². The number of hydrogen-bond donors (Lipinski definition) is 1. The molecule has 0 aliphatic carbocycles. The lowest BCUT2D eigenvalue weighted by Crippen LogP contribution is -2.22. The number of halogens is 1. The lowest BCUT2D eigenvalue weighted by atomic mass is 9.97. The summed E-state index contributed by atoms with van der Waals surface area (Å²) in [4.78, 5) is 0. The molecule has 0 aliphatic rings. The van der Waals surface area contributed by atoms with Crippen molar-refractivity contribution in [1.82, 2.24) is 5.32 Å². The molecule has 0 fully saturated rings. The fourth-order valence-corrected chi connectivity index (χ4v) is 1.73. The normalized spacial score (nSPS) is 12.8. The van der Waals surface area contributed by atoms with E-state index in [2.05, 4.69) is 19.2 Å². The van der Waals surface area contributed by atoms with Gasteiger partial charge in [0.05, 0.1) is 0 Å². The Hall–Kier alpha value is -0.890. The topological polar surface area (TPSA) is 12.0 Å². The maximum atomic E-state index is 12.9. The highest BCUT2D eigenvalue weighted by atomic mass is 19.1. The van der Waals surface area contributed by atoms with Gasteiger partial charge < -0.3 is 5.32 Å². The van der Waals surface area contributed by atoms with Gasteiger partial charge in [0.1, 0.15) is 5.82 Å². The van der Waals surface area contributed by atoms with E-state index in [1.54, 1.807) is 12.1 Å². The zero-order valence-corrected chi connectivity index (χ0v) is 9.81. The van der Waals surface area contributed by atoms with E-state index in [0.29, 0.717) is 5.92 Å². The quantitative estimate of drug-likeness (QED) is 0.786. The minimum absolute atomic E-state index is 0.143. The highest BCUT2D eigenvalue weighted by Crippen LogP contribution is 2.14. The summed E-state index contributed by atoms with van der Waals surface area (Å²) in [6.07, 6.45) is 1.01. The van der Waals surface area contributed by atoms with Gasteiger partial charge in [-0.25, -0.2) is 4.39 Å². The molecule has 84 valence electrons. The third-order valence-corrected chi connectivity index (χ3v) is 2.62. The van der Waals surface area contributed by atoms with Crippen LogP contribution in [0.25, 0.3) is 0 Å². The molecule has 1 rings (SSSR count). The van der Waals surface area contributed by atoms with Crippen LogP contribution in [0.1, 0.15) is 25.0 Å². The van der Waals surface area contributed by atoms with E-state index in [9.17, 15) is 4.39 Å². The molecule has 0 heterocycles. The van der Waals surface area contributed by atoms with Gasteiger partial charge in [-0.3, -0.25) is 0 Å². The summed E-state index contributed by atoms with van der Waals surface area (Å²) in [5.74, 6) is 0.449. The van der Waals surface area contributed by atoms with E-state index in [0.717, 1.165) is 25.1 Å². The average Bonchev–Trinajstić information content (AvgIpc) is 2.19. The summed E-state index contributed by atoms with van der Waals surface area (Å²) in [7, 11) is 0. The zero-order chi connectivity index (χ0) is 11.3. The van der Waals surface area contributed by atoms with Gasteiger partial charge in [0.25, 0.3) is 0 Å². The molecule has 1 nitrogen and oxygen atoms in total. The van der Waals surface area contributed by atoms with Crippen molar-refractivity contribution in [3.63, 3.8) is 0 Å².